The van der Waals surface area contributed by atoms with Crippen LogP contribution in [0.1, 0.15) is 19.8 Å². The second-order valence-electron chi connectivity index (χ2n) is 3.54. The van der Waals surface area contributed by atoms with Gasteiger partial charge in [0.15, 0.2) is 0 Å². The maximum Gasteiger partial charge on any atom is 0.0497 e. The topological polar surface area (TPSA) is 49.5 Å². The lowest BCUT2D eigenvalue weighted by atomic mass is 9.83. The van der Waals surface area contributed by atoms with Crippen molar-refractivity contribution in [3.8, 4) is 0 Å². The number of piperidine rings is 1. The molecule has 1 aliphatic heterocycles. The van der Waals surface area contributed by atoms with Gasteiger partial charge in [0.1, 0.15) is 0 Å². The maximum absolute atomic E-state index is 8.99. The molecule has 1 fully saturated rings. The molecule has 0 bridgehead atoms. The van der Waals surface area contributed by atoms with Crippen molar-refractivity contribution in [3.05, 3.63) is 0 Å². The normalized spacial score (nSPS) is 36.3. The van der Waals surface area contributed by atoms with Gasteiger partial charge in [-0.15, -0.1) is 0 Å². The minimum atomic E-state index is 0.0486. The van der Waals surface area contributed by atoms with Crippen LogP contribution in [-0.4, -0.2) is 29.8 Å². The molecule has 1 saturated heterocycles. The lowest BCUT2D eigenvalue weighted by molar-refractivity contribution is 0.0466. The zero-order chi connectivity index (χ0) is 7.61. The summed E-state index contributed by atoms with van der Waals surface area (Å²) in [5.41, 5.74) is 0.0486. The molecule has 60 valence electrons. The SMILES string of the molecule is C[C@@]1(CO)CCCN(N)C1. The fourth-order valence-electron chi connectivity index (χ4n) is 1.49. The molecule has 1 aliphatic rings. The highest BCUT2D eigenvalue weighted by atomic mass is 16.3. The molecule has 0 spiro atoms. The molecular formula is C7H16N2O. The third-order valence-corrected chi connectivity index (χ3v) is 2.19. The average molecular weight is 144 g/mol. The smallest absolute Gasteiger partial charge is 0.0497 e. The Balaban J connectivity index is 2.45. The predicted octanol–water partition coefficient (Wildman–Crippen LogP) is -0.0455. The first-order chi connectivity index (χ1) is 4.66. The van der Waals surface area contributed by atoms with Crippen LogP contribution in [0.15, 0.2) is 0 Å². The van der Waals surface area contributed by atoms with E-state index in [1.165, 1.54) is 0 Å². The highest BCUT2D eigenvalue weighted by Gasteiger charge is 2.28. The monoisotopic (exact) mass is 144 g/mol. The molecule has 0 saturated carbocycles. The number of hydrogen-bond donors (Lipinski definition) is 2. The molecule has 0 unspecified atom stereocenters. The van der Waals surface area contributed by atoms with Crippen molar-refractivity contribution in [1.82, 2.24) is 5.01 Å². The number of nitrogens with zero attached hydrogens (tertiary/aromatic N) is 1. The molecule has 1 atom stereocenters. The minimum Gasteiger partial charge on any atom is -0.396 e. The fraction of sp³-hybridized carbons (Fsp3) is 1.00. The molecule has 0 radical (unpaired) electrons. The first-order valence-corrected chi connectivity index (χ1v) is 3.77. The van der Waals surface area contributed by atoms with Gasteiger partial charge >= 0.3 is 0 Å². The first kappa shape index (κ1) is 7.98. The van der Waals surface area contributed by atoms with Gasteiger partial charge in [-0.3, -0.25) is 5.84 Å². The summed E-state index contributed by atoms with van der Waals surface area (Å²) in [6, 6.07) is 0. The Morgan fingerprint density at radius 3 is 2.80 bits per heavy atom. The second kappa shape index (κ2) is 2.86. The van der Waals surface area contributed by atoms with Crippen molar-refractivity contribution in [2.45, 2.75) is 19.8 Å². The molecule has 0 aromatic heterocycles. The van der Waals surface area contributed by atoms with Crippen molar-refractivity contribution < 1.29 is 5.11 Å². The van der Waals surface area contributed by atoms with Gasteiger partial charge in [-0.1, -0.05) is 6.92 Å². The third-order valence-electron chi connectivity index (χ3n) is 2.19. The maximum atomic E-state index is 8.99. The van der Waals surface area contributed by atoms with E-state index in [-0.39, 0.29) is 12.0 Å². The lowest BCUT2D eigenvalue weighted by Gasteiger charge is -2.36. The molecule has 0 aromatic rings. The molecule has 1 rings (SSSR count). The van der Waals surface area contributed by atoms with Gasteiger partial charge in [-0.05, 0) is 12.8 Å². The van der Waals surface area contributed by atoms with E-state index in [0.29, 0.717) is 0 Å². The van der Waals surface area contributed by atoms with E-state index in [1.54, 1.807) is 5.01 Å². The molecule has 1 heterocycles. The highest BCUT2D eigenvalue weighted by Crippen LogP contribution is 2.26. The van der Waals surface area contributed by atoms with Gasteiger partial charge in [0, 0.05) is 25.1 Å². The van der Waals surface area contributed by atoms with E-state index in [1.807, 2.05) is 0 Å². The van der Waals surface area contributed by atoms with Crippen molar-refractivity contribution in [2.75, 3.05) is 19.7 Å². The Morgan fingerprint density at radius 1 is 1.70 bits per heavy atom. The average Bonchev–Trinajstić information content (AvgIpc) is 1.88. The van der Waals surface area contributed by atoms with Crippen LogP contribution in [-0.2, 0) is 0 Å². The summed E-state index contributed by atoms with van der Waals surface area (Å²) in [5.74, 6) is 5.61. The summed E-state index contributed by atoms with van der Waals surface area (Å²) >= 11 is 0. The first-order valence-electron chi connectivity index (χ1n) is 3.77. The molecular weight excluding hydrogens is 128 g/mol. The molecule has 10 heavy (non-hydrogen) atoms. The van der Waals surface area contributed by atoms with E-state index in [0.717, 1.165) is 25.9 Å². The number of hydrazine groups is 1. The van der Waals surface area contributed by atoms with Crippen LogP contribution in [0.3, 0.4) is 0 Å². The van der Waals surface area contributed by atoms with Crippen LogP contribution in [0.25, 0.3) is 0 Å². The van der Waals surface area contributed by atoms with Crippen LogP contribution in [0.4, 0.5) is 0 Å². The largest absolute Gasteiger partial charge is 0.396 e. The van der Waals surface area contributed by atoms with Crippen LogP contribution >= 0.6 is 0 Å². The highest BCUT2D eigenvalue weighted by molar-refractivity contribution is 4.80. The van der Waals surface area contributed by atoms with Gasteiger partial charge < -0.3 is 5.11 Å². The minimum absolute atomic E-state index is 0.0486. The van der Waals surface area contributed by atoms with Crippen LogP contribution in [0, 0.1) is 5.41 Å². The molecule has 0 amide bonds. The van der Waals surface area contributed by atoms with Gasteiger partial charge in [0.25, 0.3) is 0 Å². The standard InChI is InChI=1S/C7H16N2O/c1-7(6-10)3-2-4-9(8)5-7/h10H,2-6,8H2,1H3/t7-/m1/s1. The van der Waals surface area contributed by atoms with Crippen molar-refractivity contribution >= 4 is 0 Å². The summed E-state index contributed by atoms with van der Waals surface area (Å²) < 4.78 is 0. The Morgan fingerprint density at radius 2 is 2.40 bits per heavy atom. The van der Waals surface area contributed by atoms with Crippen LogP contribution < -0.4 is 5.84 Å². The number of aliphatic hydroxyl groups is 1. The van der Waals surface area contributed by atoms with Crippen molar-refractivity contribution in [1.29, 1.82) is 0 Å². The zero-order valence-corrected chi connectivity index (χ0v) is 6.51. The Hall–Kier alpha value is -0.120. The zero-order valence-electron chi connectivity index (χ0n) is 6.51. The van der Waals surface area contributed by atoms with E-state index >= 15 is 0 Å². The number of nitrogens with two attached hydrogens (primary N) is 1. The fourth-order valence-corrected chi connectivity index (χ4v) is 1.49. The number of aliphatic hydroxyl groups excluding tert-OH is 1. The second-order valence-corrected chi connectivity index (χ2v) is 3.54. The number of rotatable bonds is 1. The summed E-state index contributed by atoms with van der Waals surface area (Å²) in [4.78, 5) is 0. The van der Waals surface area contributed by atoms with E-state index in [2.05, 4.69) is 6.92 Å². The number of hydrogen-bond acceptors (Lipinski definition) is 3. The van der Waals surface area contributed by atoms with E-state index < -0.39 is 0 Å². The Kier molecular flexibility index (Phi) is 2.28. The molecule has 3 nitrogen and oxygen atoms in total. The summed E-state index contributed by atoms with van der Waals surface area (Å²) in [6.07, 6.45) is 2.20. The van der Waals surface area contributed by atoms with Gasteiger partial charge in [0.2, 0.25) is 0 Å². The Labute approximate surface area is 61.8 Å². The quantitative estimate of drug-likeness (QED) is 0.507. The van der Waals surface area contributed by atoms with Crippen LogP contribution in [0.2, 0.25) is 0 Å². The molecule has 3 heteroatoms. The molecule has 0 aliphatic carbocycles. The summed E-state index contributed by atoms with van der Waals surface area (Å²) in [5, 5.41) is 10.8. The van der Waals surface area contributed by atoms with Crippen molar-refractivity contribution in [2.24, 2.45) is 11.3 Å². The van der Waals surface area contributed by atoms with Crippen molar-refractivity contribution in [3.63, 3.8) is 0 Å². The predicted molar refractivity (Wildman–Crippen MR) is 40.2 cm³/mol. The summed E-state index contributed by atoms with van der Waals surface area (Å²) in [6.45, 7) is 4.12. The molecule has 3 N–H and O–H groups in total. The van der Waals surface area contributed by atoms with Gasteiger partial charge in [-0.2, -0.15) is 0 Å². The van der Waals surface area contributed by atoms with Crippen LogP contribution in [0.5, 0.6) is 0 Å². The Bertz CT molecular complexity index is 118. The molecule has 0 aromatic carbocycles. The van der Waals surface area contributed by atoms with Gasteiger partial charge in [-0.25, -0.2) is 5.01 Å². The van der Waals surface area contributed by atoms with E-state index in [4.69, 9.17) is 10.9 Å². The third kappa shape index (κ3) is 1.68. The van der Waals surface area contributed by atoms with Gasteiger partial charge in [0.05, 0.1) is 0 Å². The van der Waals surface area contributed by atoms with E-state index in [9.17, 15) is 0 Å². The summed E-state index contributed by atoms with van der Waals surface area (Å²) in [7, 11) is 0. The lowest BCUT2D eigenvalue weighted by Crippen LogP contribution is -2.46.